The number of nitrogens with zero attached hydrogens (tertiary/aromatic N) is 3. The maximum atomic E-state index is 11.9. The van der Waals surface area contributed by atoms with E-state index < -0.39 is 4.92 Å². The minimum absolute atomic E-state index is 0.0173. The van der Waals surface area contributed by atoms with Crippen LogP contribution < -0.4 is 5.32 Å². The molecule has 2 rings (SSSR count). The van der Waals surface area contributed by atoms with Crippen molar-refractivity contribution in [2.45, 2.75) is 25.3 Å². The van der Waals surface area contributed by atoms with Crippen LogP contribution in [0.1, 0.15) is 11.4 Å². The second kappa shape index (κ2) is 7.77. The quantitative estimate of drug-likeness (QED) is 0.363. The molecule has 0 aliphatic carbocycles. The zero-order chi connectivity index (χ0) is 16.8. The lowest BCUT2D eigenvalue weighted by atomic mass is 10.3. The Bertz CT molecular complexity index is 700. The molecule has 0 bridgehead atoms. The number of nitrogens with one attached hydrogen (secondary N) is 1. The molecule has 7 nitrogen and oxygen atoms in total. The van der Waals surface area contributed by atoms with Gasteiger partial charge in [0.05, 0.1) is 4.92 Å². The molecule has 1 amide bonds. The molecule has 0 unspecified atom stereocenters. The number of aromatic nitrogens is 2. The molecule has 0 saturated heterocycles. The minimum Gasteiger partial charge on any atom is -0.354 e. The van der Waals surface area contributed by atoms with Gasteiger partial charge in [-0.1, -0.05) is 18.2 Å². The number of nitro groups is 1. The van der Waals surface area contributed by atoms with Gasteiger partial charge < -0.3 is 5.32 Å². The monoisotopic (exact) mass is 334 g/mol. The number of carbonyl (C=O) groups excluding carboxylic acids is 1. The van der Waals surface area contributed by atoms with Crippen molar-refractivity contribution in [3.8, 4) is 0 Å². The number of rotatable bonds is 7. The number of hydrogen-bond donors (Lipinski definition) is 1. The summed E-state index contributed by atoms with van der Waals surface area (Å²) in [7, 11) is 0. The number of carbonyl (C=O) groups is 1. The normalized spacial score (nSPS) is 10.5. The summed E-state index contributed by atoms with van der Waals surface area (Å²) < 4.78 is 1.37. The molecule has 1 heterocycles. The Kier molecular flexibility index (Phi) is 5.75. The Morgan fingerprint density at radius 2 is 2.04 bits per heavy atom. The van der Waals surface area contributed by atoms with Crippen molar-refractivity contribution in [3.63, 3.8) is 0 Å². The van der Waals surface area contributed by atoms with E-state index in [4.69, 9.17) is 0 Å². The molecule has 0 spiro atoms. The number of aryl methyl sites for hydroxylation is 1. The van der Waals surface area contributed by atoms with Crippen LogP contribution in [0.5, 0.6) is 0 Å². The third-order valence-electron chi connectivity index (χ3n) is 3.26. The van der Waals surface area contributed by atoms with Gasteiger partial charge in [0.25, 0.3) is 0 Å². The molecular weight excluding hydrogens is 316 g/mol. The minimum atomic E-state index is -0.470. The van der Waals surface area contributed by atoms with Crippen LogP contribution in [0.4, 0.5) is 5.69 Å². The van der Waals surface area contributed by atoms with E-state index in [1.165, 1.54) is 4.68 Å². The Morgan fingerprint density at radius 1 is 1.35 bits per heavy atom. The first-order valence-electron chi connectivity index (χ1n) is 7.12. The fraction of sp³-hybridized carbons (Fsp3) is 0.333. The summed E-state index contributed by atoms with van der Waals surface area (Å²) in [6.45, 7) is 3.67. The Morgan fingerprint density at radius 3 is 2.65 bits per heavy atom. The van der Waals surface area contributed by atoms with Gasteiger partial charge in [0.15, 0.2) is 0 Å². The van der Waals surface area contributed by atoms with Gasteiger partial charge in [0.1, 0.15) is 17.9 Å². The van der Waals surface area contributed by atoms with Crippen LogP contribution in [-0.4, -0.2) is 32.9 Å². The zero-order valence-corrected chi connectivity index (χ0v) is 13.8. The first-order valence-corrected chi connectivity index (χ1v) is 8.10. The first kappa shape index (κ1) is 17.0. The molecule has 2 aromatic rings. The van der Waals surface area contributed by atoms with Crippen molar-refractivity contribution in [2.75, 3.05) is 12.3 Å². The van der Waals surface area contributed by atoms with Crippen molar-refractivity contribution < 1.29 is 9.72 Å². The molecular formula is C15H18N4O3S. The number of thioether (sulfide) groups is 1. The summed E-state index contributed by atoms with van der Waals surface area (Å²) in [5.41, 5.74) is 0.679. The third-order valence-corrected chi connectivity index (χ3v) is 4.27. The lowest BCUT2D eigenvalue weighted by Gasteiger charge is -2.06. The van der Waals surface area contributed by atoms with E-state index in [9.17, 15) is 14.9 Å². The lowest BCUT2D eigenvalue weighted by Crippen LogP contribution is -2.30. The zero-order valence-electron chi connectivity index (χ0n) is 13.0. The van der Waals surface area contributed by atoms with Gasteiger partial charge in [-0.25, -0.2) is 0 Å². The largest absolute Gasteiger partial charge is 0.354 e. The molecule has 1 N–H and O–H groups in total. The van der Waals surface area contributed by atoms with Crippen molar-refractivity contribution in [1.29, 1.82) is 0 Å². The molecule has 0 aliphatic rings. The van der Waals surface area contributed by atoms with Crippen LogP contribution in [0.15, 0.2) is 35.2 Å². The first-order chi connectivity index (χ1) is 11.0. The summed E-state index contributed by atoms with van der Waals surface area (Å²) >= 11 is 1.66. The van der Waals surface area contributed by atoms with E-state index in [-0.39, 0.29) is 18.1 Å². The average molecular weight is 334 g/mol. The van der Waals surface area contributed by atoms with Crippen LogP contribution in [0.2, 0.25) is 0 Å². The summed E-state index contributed by atoms with van der Waals surface area (Å²) in [6.07, 6.45) is 0. The molecule has 1 aromatic carbocycles. The van der Waals surface area contributed by atoms with Gasteiger partial charge in [-0.3, -0.25) is 19.6 Å². The standard InChI is InChI=1S/C15H18N4O3S/c1-11-15(19(21)22)12(2)18(17-11)10-14(20)16-8-9-23-13-6-4-3-5-7-13/h3-7H,8-10H2,1-2H3,(H,16,20). The Balaban J connectivity index is 1.81. The predicted molar refractivity (Wildman–Crippen MR) is 88.5 cm³/mol. The van der Waals surface area contributed by atoms with Crippen LogP contribution in [0.25, 0.3) is 0 Å². The van der Waals surface area contributed by atoms with Crippen molar-refractivity contribution in [3.05, 3.63) is 51.8 Å². The highest BCUT2D eigenvalue weighted by atomic mass is 32.2. The Labute approximate surface area is 138 Å². The molecule has 122 valence electrons. The number of benzene rings is 1. The highest BCUT2D eigenvalue weighted by molar-refractivity contribution is 7.99. The van der Waals surface area contributed by atoms with Crippen molar-refractivity contribution in [2.24, 2.45) is 0 Å². The second-order valence-corrected chi connectivity index (χ2v) is 6.11. The third kappa shape index (κ3) is 4.56. The average Bonchev–Trinajstić information content (AvgIpc) is 2.79. The van der Waals surface area contributed by atoms with Crippen LogP contribution >= 0.6 is 11.8 Å². The molecule has 0 saturated carbocycles. The van der Waals surface area contributed by atoms with Crippen molar-refractivity contribution >= 4 is 23.4 Å². The number of amides is 1. The highest BCUT2D eigenvalue weighted by Crippen LogP contribution is 2.21. The van der Waals surface area contributed by atoms with Crippen LogP contribution in [-0.2, 0) is 11.3 Å². The summed E-state index contributed by atoms with van der Waals surface area (Å²) in [6, 6.07) is 9.93. The van der Waals surface area contributed by atoms with Crippen LogP contribution in [0.3, 0.4) is 0 Å². The Hall–Kier alpha value is -2.35. The molecule has 0 radical (unpaired) electrons. The van der Waals surface area contributed by atoms with Crippen molar-refractivity contribution in [1.82, 2.24) is 15.1 Å². The van der Waals surface area contributed by atoms with Crippen LogP contribution in [0, 0.1) is 24.0 Å². The smallest absolute Gasteiger partial charge is 0.312 e. The lowest BCUT2D eigenvalue weighted by molar-refractivity contribution is -0.386. The van der Waals surface area contributed by atoms with E-state index in [1.807, 2.05) is 30.3 Å². The SMILES string of the molecule is Cc1nn(CC(=O)NCCSc2ccccc2)c(C)c1[N+](=O)[O-]. The summed E-state index contributed by atoms with van der Waals surface area (Å²) in [5.74, 6) is 0.548. The maximum absolute atomic E-state index is 11.9. The van der Waals surface area contributed by atoms with Gasteiger partial charge in [0, 0.05) is 17.2 Å². The predicted octanol–water partition coefficient (Wildman–Crippen LogP) is 2.32. The van der Waals surface area contributed by atoms with E-state index in [1.54, 1.807) is 25.6 Å². The van der Waals surface area contributed by atoms with E-state index in [0.29, 0.717) is 17.9 Å². The number of hydrogen-bond acceptors (Lipinski definition) is 5. The van der Waals surface area contributed by atoms with Gasteiger partial charge in [0.2, 0.25) is 5.91 Å². The maximum Gasteiger partial charge on any atom is 0.312 e. The summed E-state index contributed by atoms with van der Waals surface area (Å²) in [5, 5.41) is 17.8. The second-order valence-electron chi connectivity index (χ2n) is 4.95. The van der Waals surface area contributed by atoms with E-state index >= 15 is 0 Å². The van der Waals surface area contributed by atoms with Gasteiger partial charge >= 0.3 is 5.69 Å². The van der Waals surface area contributed by atoms with E-state index in [2.05, 4.69) is 10.4 Å². The van der Waals surface area contributed by atoms with Gasteiger partial charge in [-0.05, 0) is 26.0 Å². The molecule has 8 heteroatoms. The summed E-state index contributed by atoms with van der Waals surface area (Å²) in [4.78, 5) is 23.5. The molecule has 23 heavy (non-hydrogen) atoms. The van der Waals surface area contributed by atoms with E-state index in [0.717, 1.165) is 10.6 Å². The fourth-order valence-electron chi connectivity index (χ4n) is 2.17. The molecule has 1 aromatic heterocycles. The molecule has 0 atom stereocenters. The topological polar surface area (TPSA) is 90.1 Å². The van der Waals surface area contributed by atoms with Gasteiger partial charge in [-0.2, -0.15) is 5.10 Å². The highest BCUT2D eigenvalue weighted by Gasteiger charge is 2.22. The molecule has 0 aliphatic heterocycles. The fourth-order valence-corrected chi connectivity index (χ4v) is 2.96. The molecule has 0 fully saturated rings. The van der Waals surface area contributed by atoms with Gasteiger partial charge in [-0.15, -0.1) is 11.8 Å².